The van der Waals surface area contributed by atoms with Gasteiger partial charge in [0.25, 0.3) is 0 Å². The summed E-state index contributed by atoms with van der Waals surface area (Å²) in [5.41, 5.74) is 14.1. The molecule has 0 aliphatic heterocycles. The van der Waals surface area contributed by atoms with E-state index < -0.39 is 0 Å². The van der Waals surface area contributed by atoms with E-state index in [1.165, 1.54) is 0 Å². The number of benzene rings is 1. The van der Waals surface area contributed by atoms with Gasteiger partial charge in [0.15, 0.2) is 5.82 Å². The second kappa shape index (κ2) is 2.82. The molecule has 0 unspecified atom stereocenters. The number of aromatic nitrogens is 2. The van der Waals surface area contributed by atoms with Crippen LogP contribution in [-0.2, 0) is 0 Å². The molecule has 0 fully saturated rings. The molecule has 0 amide bonds. The van der Waals surface area contributed by atoms with Crippen molar-refractivity contribution in [1.82, 2.24) is 15.5 Å². The van der Waals surface area contributed by atoms with Crippen molar-refractivity contribution >= 4 is 11.5 Å². The maximum atomic E-state index is 7.33. The van der Waals surface area contributed by atoms with E-state index in [-0.39, 0.29) is 5.82 Å². The minimum atomic E-state index is 0.115. The molecule has 65 valence electrons. The SMILES string of the molecule is [NH]c1nn(-c2ccccc2)cc1N. The highest BCUT2D eigenvalue weighted by molar-refractivity contribution is 5.55. The summed E-state index contributed by atoms with van der Waals surface area (Å²) in [7, 11) is 0. The van der Waals surface area contributed by atoms with Crippen LogP contribution in [0, 0.1) is 0 Å². The molecule has 2 aromatic rings. The fourth-order valence-electron chi connectivity index (χ4n) is 1.10. The van der Waals surface area contributed by atoms with Gasteiger partial charge in [0.1, 0.15) is 0 Å². The minimum absolute atomic E-state index is 0.115. The van der Waals surface area contributed by atoms with Crippen LogP contribution in [-0.4, -0.2) is 9.78 Å². The number of hydrogen-bond acceptors (Lipinski definition) is 2. The Kier molecular flexibility index (Phi) is 1.66. The first kappa shape index (κ1) is 7.67. The molecule has 0 aliphatic carbocycles. The second-order valence-corrected chi connectivity index (χ2v) is 2.71. The van der Waals surface area contributed by atoms with Crippen LogP contribution in [0.25, 0.3) is 5.69 Å². The molecule has 0 aliphatic rings. The van der Waals surface area contributed by atoms with Crippen molar-refractivity contribution in [3.05, 3.63) is 36.5 Å². The average Bonchev–Trinajstić information content (AvgIpc) is 2.49. The lowest BCUT2D eigenvalue weighted by Crippen LogP contribution is -1.93. The first-order chi connectivity index (χ1) is 6.27. The summed E-state index contributed by atoms with van der Waals surface area (Å²) >= 11 is 0. The Hall–Kier alpha value is -1.97. The van der Waals surface area contributed by atoms with Gasteiger partial charge in [-0.15, -0.1) is 5.10 Å². The van der Waals surface area contributed by atoms with Crippen LogP contribution in [0.2, 0.25) is 0 Å². The number of nitrogens with zero attached hydrogens (tertiary/aromatic N) is 2. The van der Waals surface area contributed by atoms with Gasteiger partial charge < -0.3 is 5.73 Å². The molecule has 4 heteroatoms. The van der Waals surface area contributed by atoms with Crippen LogP contribution in [0.15, 0.2) is 36.5 Å². The minimum Gasteiger partial charge on any atom is -0.394 e. The number of anilines is 1. The van der Waals surface area contributed by atoms with Crippen LogP contribution in [0.4, 0.5) is 11.5 Å². The number of para-hydroxylation sites is 1. The molecule has 4 nitrogen and oxygen atoms in total. The van der Waals surface area contributed by atoms with E-state index in [1.807, 2.05) is 30.3 Å². The molecule has 1 aromatic heterocycles. The maximum Gasteiger partial charge on any atom is 0.190 e. The normalized spacial score (nSPS) is 10.2. The first-order valence-electron chi connectivity index (χ1n) is 3.89. The van der Waals surface area contributed by atoms with Crippen molar-refractivity contribution in [2.75, 3.05) is 5.73 Å². The molecule has 0 saturated heterocycles. The van der Waals surface area contributed by atoms with E-state index in [4.69, 9.17) is 11.5 Å². The Morgan fingerprint density at radius 1 is 1.23 bits per heavy atom. The number of rotatable bonds is 1. The van der Waals surface area contributed by atoms with Gasteiger partial charge in [0.2, 0.25) is 0 Å². The lowest BCUT2D eigenvalue weighted by molar-refractivity contribution is 0.878. The summed E-state index contributed by atoms with van der Waals surface area (Å²) in [6, 6.07) is 9.57. The van der Waals surface area contributed by atoms with Crippen LogP contribution >= 0.6 is 0 Å². The van der Waals surface area contributed by atoms with Gasteiger partial charge >= 0.3 is 0 Å². The Bertz CT molecular complexity index is 385. The third-order valence-electron chi connectivity index (χ3n) is 1.76. The highest BCUT2D eigenvalue weighted by Crippen LogP contribution is 2.15. The molecule has 2 rings (SSSR count). The average molecular weight is 173 g/mol. The largest absolute Gasteiger partial charge is 0.394 e. The summed E-state index contributed by atoms with van der Waals surface area (Å²) in [4.78, 5) is 0. The van der Waals surface area contributed by atoms with Crippen LogP contribution in [0.5, 0.6) is 0 Å². The van der Waals surface area contributed by atoms with Crippen molar-refractivity contribution in [3.63, 3.8) is 0 Å². The van der Waals surface area contributed by atoms with E-state index in [0.29, 0.717) is 5.69 Å². The summed E-state index contributed by atoms with van der Waals surface area (Å²) in [5, 5.41) is 3.94. The summed E-state index contributed by atoms with van der Waals surface area (Å²) in [6.07, 6.45) is 1.64. The van der Waals surface area contributed by atoms with Crippen LogP contribution < -0.4 is 11.5 Å². The van der Waals surface area contributed by atoms with Crippen molar-refractivity contribution in [2.24, 2.45) is 0 Å². The number of nitrogens with two attached hydrogens (primary N) is 1. The zero-order valence-electron chi connectivity index (χ0n) is 6.94. The van der Waals surface area contributed by atoms with Gasteiger partial charge in [0.05, 0.1) is 17.6 Å². The summed E-state index contributed by atoms with van der Waals surface area (Å²) in [5.74, 6) is 0.115. The van der Waals surface area contributed by atoms with Crippen molar-refractivity contribution in [3.8, 4) is 5.69 Å². The topological polar surface area (TPSA) is 67.6 Å². The number of hydrogen-bond donors (Lipinski definition) is 1. The molecule has 3 N–H and O–H groups in total. The van der Waals surface area contributed by atoms with Gasteiger partial charge in [-0.3, -0.25) is 5.73 Å². The van der Waals surface area contributed by atoms with Crippen LogP contribution in [0.1, 0.15) is 0 Å². The first-order valence-corrected chi connectivity index (χ1v) is 3.89. The van der Waals surface area contributed by atoms with Gasteiger partial charge in [0, 0.05) is 0 Å². The maximum absolute atomic E-state index is 7.33. The molecule has 1 aromatic carbocycles. The Morgan fingerprint density at radius 3 is 2.46 bits per heavy atom. The molecule has 0 bridgehead atoms. The van der Waals surface area contributed by atoms with Gasteiger partial charge in [-0.05, 0) is 12.1 Å². The summed E-state index contributed by atoms with van der Waals surface area (Å²) in [6.45, 7) is 0. The Morgan fingerprint density at radius 2 is 1.92 bits per heavy atom. The standard InChI is InChI=1S/C9H9N4/c10-8-6-13(12-9(8)11)7-4-2-1-3-5-7/h1-6,11H,10H2. The van der Waals surface area contributed by atoms with Crippen molar-refractivity contribution in [1.29, 1.82) is 0 Å². The van der Waals surface area contributed by atoms with E-state index in [0.717, 1.165) is 5.69 Å². The molecular formula is C9H9N4. The monoisotopic (exact) mass is 173 g/mol. The lowest BCUT2D eigenvalue weighted by atomic mass is 10.3. The fourth-order valence-corrected chi connectivity index (χ4v) is 1.10. The van der Waals surface area contributed by atoms with E-state index >= 15 is 0 Å². The predicted octanol–water partition coefficient (Wildman–Crippen LogP) is 1.37. The third kappa shape index (κ3) is 1.33. The summed E-state index contributed by atoms with van der Waals surface area (Å²) < 4.78 is 1.59. The van der Waals surface area contributed by atoms with Crippen molar-refractivity contribution < 1.29 is 0 Å². The molecular weight excluding hydrogens is 164 g/mol. The second-order valence-electron chi connectivity index (χ2n) is 2.71. The molecule has 1 heterocycles. The molecule has 0 spiro atoms. The molecule has 13 heavy (non-hydrogen) atoms. The third-order valence-corrected chi connectivity index (χ3v) is 1.76. The lowest BCUT2D eigenvalue weighted by Gasteiger charge is -1.97. The van der Waals surface area contributed by atoms with Gasteiger partial charge in [-0.1, -0.05) is 18.2 Å². The zero-order valence-corrected chi connectivity index (χ0v) is 6.94. The highest BCUT2D eigenvalue weighted by atomic mass is 15.3. The number of nitrogens with one attached hydrogen (secondary N) is 1. The molecule has 0 atom stereocenters. The van der Waals surface area contributed by atoms with Crippen LogP contribution in [0.3, 0.4) is 0 Å². The smallest absolute Gasteiger partial charge is 0.190 e. The van der Waals surface area contributed by atoms with Gasteiger partial charge in [-0.25, -0.2) is 4.68 Å². The van der Waals surface area contributed by atoms with E-state index in [1.54, 1.807) is 10.9 Å². The zero-order chi connectivity index (χ0) is 9.26. The Labute approximate surface area is 75.8 Å². The van der Waals surface area contributed by atoms with E-state index in [2.05, 4.69) is 5.10 Å². The molecule has 1 radical (unpaired) electrons. The fraction of sp³-hybridized carbons (Fsp3) is 0. The van der Waals surface area contributed by atoms with Gasteiger partial charge in [-0.2, -0.15) is 0 Å². The van der Waals surface area contributed by atoms with E-state index in [9.17, 15) is 0 Å². The highest BCUT2D eigenvalue weighted by Gasteiger charge is 2.02. The predicted molar refractivity (Wildman–Crippen MR) is 50.7 cm³/mol. The Balaban J connectivity index is 2.48. The number of nitrogen functional groups attached to an aromatic ring is 1. The molecule has 0 saturated carbocycles. The quantitative estimate of drug-likeness (QED) is 0.707. The van der Waals surface area contributed by atoms with Crippen molar-refractivity contribution in [2.45, 2.75) is 0 Å².